The zero-order valence-electron chi connectivity index (χ0n) is 15.4. The van der Waals surface area contributed by atoms with Gasteiger partial charge in [-0.05, 0) is 69.0 Å². The molecule has 25 heavy (non-hydrogen) atoms. The fraction of sp³-hybridized carbons (Fsp3) is 0.381. The molecule has 2 aromatic carbocycles. The van der Waals surface area contributed by atoms with E-state index in [1.165, 1.54) is 16.7 Å². The van der Waals surface area contributed by atoms with Crippen LogP contribution in [-0.4, -0.2) is 12.5 Å². The molecule has 0 unspecified atom stereocenters. The molecule has 0 spiro atoms. The van der Waals surface area contributed by atoms with E-state index in [4.69, 9.17) is 16.3 Å². The van der Waals surface area contributed by atoms with Crippen molar-refractivity contribution < 1.29 is 9.53 Å². The molecule has 0 aromatic heterocycles. The molecule has 0 radical (unpaired) electrons. The second-order valence-corrected chi connectivity index (χ2v) is 6.95. The second kappa shape index (κ2) is 8.91. The van der Waals surface area contributed by atoms with Crippen molar-refractivity contribution in [1.82, 2.24) is 5.32 Å². The Labute approximate surface area is 155 Å². The van der Waals surface area contributed by atoms with Gasteiger partial charge >= 0.3 is 0 Å². The lowest BCUT2D eigenvalue weighted by Crippen LogP contribution is -2.27. The number of aryl methyl sites for hydroxylation is 3. The lowest BCUT2D eigenvalue weighted by molar-refractivity contribution is -0.121. The third kappa shape index (κ3) is 5.79. The SMILES string of the molecule is Cc1ccc(C)c([C@H](C)NC(=O)CCCOc2ccc(Cl)cc2C)c1. The van der Waals surface area contributed by atoms with Gasteiger partial charge in [0.25, 0.3) is 0 Å². The average molecular weight is 360 g/mol. The normalized spacial score (nSPS) is 11.9. The van der Waals surface area contributed by atoms with Crippen molar-refractivity contribution in [2.24, 2.45) is 0 Å². The van der Waals surface area contributed by atoms with Gasteiger partial charge in [-0.1, -0.05) is 35.4 Å². The Bertz CT molecular complexity index is 743. The minimum absolute atomic E-state index is 0.00632. The molecule has 134 valence electrons. The summed E-state index contributed by atoms with van der Waals surface area (Å²) in [6.45, 7) is 8.62. The Hall–Kier alpha value is -2.00. The molecule has 1 amide bonds. The smallest absolute Gasteiger partial charge is 0.220 e. The highest BCUT2D eigenvalue weighted by Gasteiger charge is 2.12. The second-order valence-electron chi connectivity index (χ2n) is 6.51. The van der Waals surface area contributed by atoms with E-state index in [-0.39, 0.29) is 11.9 Å². The van der Waals surface area contributed by atoms with Crippen molar-refractivity contribution in [3.8, 4) is 5.75 Å². The Morgan fingerprint density at radius 3 is 2.60 bits per heavy atom. The summed E-state index contributed by atoms with van der Waals surface area (Å²) >= 11 is 5.93. The highest BCUT2D eigenvalue weighted by atomic mass is 35.5. The molecule has 1 atom stereocenters. The van der Waals surface area contributed by atoms with Crippen LogP contribution in [0.25, 0.3) is 0 Å². The van der Waals surface area contributed by atoms with Crippen LogP contribution in [0.2, 0.25) is 5.02 Å². The van der Waals surface area contributed by atoms with Crippen LogP contribution in [0.1, 0.15) is 48.1 Å². The number of benzene rings is 2. The number of amides is 1. The van der Waals surface area contributed by atoms with E-state index in [0.717, 1.165) is 11.3 Å². The minimum atomic E-state index is 0.00632. The van der Waals surface area contributed by atoms with Crippen LogP contribution >= 0.6 is 11.6 Å². The van der Waals surface area contributed by atoms with Crippen molar-refractivity contribution in [2.75, 3.05) is 6.61 Å². The van der Waals surface area contributed by atoms with Gasteiger partial charge in [0.15, 0.2) is 0 Å². The monoisotopic (exact) mass is 359 g/mol. The van der Waals surface area contributed by atoms with Crippen molar-refractivity contribution in [3.05, 3.63) is 63.7 Å². The predicted molar refractivity (Wildman–Crippen MR) is 103 cm³/mol. The number of carbonyl (C=O) groups is 1. The first kappa shape index (κ1) is 19.3. The van der Waals surface area contributed by atoms with Gasteiger partial charge in [-0.2, -0.15) is 0 Å². The van der Waals surface area contributed by atoms with Gasteiger partial charge < -0.3 is 10.1 Å². The van der Waals surface area contributed by atoms with Crippen molar-refractivity contribution >= 4 is 17.5 Å². The summed E-state index contributed by atoms with van der Waals surface area (Å²) in [7, 11) is 0. The van der Waals surface area contributed by atoms with Crippen molar-refractivity contribution in [2.45, 2.75) is 46.6 Å². The fourth-order valence-corrected chi connectivity index (χ4v) is 3.03. The molecule has 0 aliphatic heterocycles. The van der Waals surface area contributed by atoms with Gasteiger partial charge in [0.05, 0.1) is 12.6 Å². The third-order valence-electron chi connectivity index (χ3n) is 4.22. The van der Waals surface area contributed by atoms with Crippen LogP contribution in [0.15, 0.2) is 36.4 Å². The fourth-order valence-electron chi connectivity index (χ4n) is 2.81. The number of rotatable bonds is 7. The van der Waals surface area contributed by atoms with E-state index in [1.54, 1.807) is 0 Å². The molecule has 0 aliphatic carbocycles. The van der Waals surface area contributed by atoms with E-state index in [2.05, 4.69) is 37.4 Å². The van der Waals surface area contributed by atoms with E-state index < -0.39 is 0 Å². The topological polar surface area (TPSA) is 38.3 Å². The zero-order valence-corrected chi connectivity index (χ0v) is 16.1. The number of nitrogens with one attached hydrogen (secondary N) is 1. The molecule has 1 N–H and O–H groups in total. The highest BCUT2D eigenvalue weighted by molar-refractivity contribution is 6.30. The first-order valence-corrected chi connectivity index (χ1v) is 9.00. The van der Waals surface area contributed by atoms with Gasteiger partial charge in [0.1, 0.15) is 5.75 Å². The molecule has 2 aromatic rings. The Balaban J connectivity index is 1.77. The summed E-state index contributed by atoms with van der Waals surface area (Å²) in [5.41, 5.74) is 4.57. The van der Waals surface area contributed by atoms with E-state index in [0.29, 0.717) is 24.5 Å². The van der Waals surface area contributed by atoms with E-state index >= 15 is 0 Å². The van der Waals surface area contributed by atoms with Gasteiger partial charge in [-0.3, -0.25) is 4.79 Å². The molecule has 4 heteroatoms. The van der Waals surface area contributed by atoms with Crippen LogP contribution in [0.4, 0.5) is 0 Å². The van der Waals surface area contributed by atoms with Crippen LogP contribution in [0.5, 0.6) is 5.75 Å². The molecule has 0 heterocycles. The quantitative estimate of drug-likeness (QED) is 0.681. The predicted octanol–water partition coefficient (Wildman–Crippen LogP) is 5.30. The maximum absolute atomic E-state index is 12.2. The summed E-state index contributed by atoms with van der Waals surface area (Å²) < 4.78 is 5.73. The molecule has 2 rings (SSSR count). The zero-order chi connectivity index (χ0) is 18.4. The van der Waals surface area contributed by atoms with Crippen molar-refractivity contribution in [1.29, 1.82) is 0 Å². The Morgan fingerprint density at radius 2 is 1.88 bits per heavy atom. The highest BCUT2D eigenvalue weighted by Crippen LogP contribution is 2.22. The molecule has 3 nitrogen and oxygen atoms in total. The molecule has 0 saturated carbocycles. The van der Waals surface area contributed by atoms with Crippen LogP contribution in [0, 0.1) is 20.8 Å². The minimum Gasteiger partial charge on any atom is -0.493 e. The van der Waals surface area contributed by atoms with Gasteiger partial charge in [-0.15, -0.1) is 0 Å². The molecule has 0 saturated heterocycles. The number of hydrogen-bond acceptors (Lipinski definition) is 2. The number of halogens is 1. The third-order valence-corrected chi connectivity index (χ3v) is 4.46. The Morgan fingerprint density at radius 1 is 1.12 bits per heavy atom. The number of hydrogen-bond donors (Lipinski definition) is 1. The summed E-state index contributed by atoms with van der Waals surface area (Å²) in [4.78, 5) is 12.2. The molecule has 0 aliphatic rings. The average Bonchev–Trinajstić information content (AvgIpc) is 2.55. The largest absolute Gasteiger partial charge is 0.493 e. The van der Waals surface area contributed by atoms with E-state index in [1.807, 2.05) is 32.0 Å². The molecular formula is C21H26ClNO2. The van der Waals surface area contributed by atoms with Crippen LogP contribution in [-0.2, 0) is 4.79 Å². The molecule has 0 fully saturated rings. The van der Waals surface area contributed by atoms with Gasteiger partial charge in [0, 0.05) is 11.4 Å². The van der Waals surface area contributed by atoms with Gasteiger partial charge in [0.2, 0.25) is 5.91 Å². The van der Waals surface area contributed by atoms with Crippen LogP contribution in [0.3, 0.4) is 0 Å². The molecular weight excluding hydrogens is 334 g/mol. The lowest BCUT2D eigenvalue weighted by Gasteiger charge is -2.17. The summed E-state index contributed by atoms with van der Waals surface area (Å²) in [6.07, 6.45) is 1.12. The first-order chi connectivity index (χ1) is 11.9. The summed E-state index contributed by atoms with van der Waals surface area (Å²) in [5, 5.41) is 3.77. The standard InChI is InChI=1S/C21H26ClNO2/c1-14-7-8-15(2)19(12-14)17(4)23-21(24)6-5-11-25-20-10-9-18(22)13-16(20)3/h7-10,12-13,17H,5-6,11H2,1-4H3,(H,23,24)/t17-/m0/s1. The van der Waals surface area contributed by atoms with Crippen molar-refractivity contribution in [3.63, 3.8) is 0 Å². The Kier molecular flexibility index (Phi) is 6.89. The summed E-state index contributed by atoms with van der Waals surface area (Å²) in [5.74, 6) is 0.860. The number of ether oxygens (including phenoxy) is 1. The lowest BCUT2D eigenvalue weighted by atomic mass is 10.00. The van der Waals surface area contributed by atoms with E-state index in [9.17, 15) is 4.79 Å². The number of carbonyl (C=O) groups excluding carboxylic acids is 1. The maximum atomic E-state index is 12.2. The maximum Gasteiger partial charge on any atom is 0.220 e. The van der Waals surface area contributed by atoms with Crippen LogP contribution < -0.4 is 10.1 Å². The summed E-state index contributed by atoms with van der Waals surface area (Å²) in [6, 6.07) is 11.9. The van der Waals surface area contributed by atoms with Gasteiger partial charge in [-0.25, -0.2) is 0 Å². The molecule has 0 bridgehead atoms. The first-order valence-electron chi connectivity index (χ1n) is 8.62.